The molecule has 0 bridgehead atoms. The van der Waals surface area contributed by atoms with E-state index >= 15 is 0 Å². The van der Waals surface area contributed by atoms with Crippen molar-refractivity contribution in [2.75, 3.05) is 19.7 Å². The zero-order chi connectivity index (χ0) is 12.5. The van der Waals surface area contributed by atoms with Crippen LogP contribution in [0.1, 0.15) is 30.1 Å². The van der Waals surface area contributed by atoms with Gasteiger partial charge in [0, 0.05) is 0 Å². The summed E-state index contributed by atoms with van der Waals surface area (Å²) >= 11 is 0. The number of nitrogens with one attached hydrogen (secondary N) is 1. The molecule has 0 aromatic heterocycles. The Kier molecular flexibility index (Phi) is 6.10. The predicted octanol–water partition coefficient (Wildman–Crippen LogP) is 2.15. The molecule has 2 N–H and O–H groups in total. The molecule has 0 radical (unpaired) electrons. The van der Waals surface area contributed by atoms with Gasteiger partial charge in [0.25, 0.3) is 0 Å². The van der Waals surface area contributed by atoms with Crippen molar-refractivity contribution in [2.24, 2.45) is 0 Å². The molecule has 0 saturated carbocycles. The third kappa shape index (κ3) is 5.36. The smallest absolute Gasteiger partial charge is 0.335 e. The standard InChI is InChI=1S/C13H19NO3/c1-2-8-14-9-3-10-17-12-6-4-11(5-7-12)13(15)16/h4-7,14H,2-3,8-10H2,1H3,(H,15,16). The maximum atomic E-state index is 10.6. The van der Waals surface area contributed by atoms with E-state index in [1.807, 2.05) is 0 Å². The zero-order valence-corrected chi connectivity index (χ0v) is 10.1. The lowest BCUT2D eigenvalue weighted by atomic mass is 10.2. The first-order chi connectivity index (χ1) is 8.24. The number of carboxylic acid groups (broad SMARTS) is 1. The average Bonchev–Trinajstić information content (AvgIpc) is 2.34. The Labute approximate surface area is 102 Å². The first kappa shape index (κ1) is 13.5. The van der Waals surface area contributed by atoms with E-state index in [0.717, 1.165) is 25.9 Å². The molecule has 0 aliphatic rings. The summed E-state index contributed by atoms with van der Waals surface area (Å²) < 4.78 is 5.49. The van der Waals surface area contributed by atoms with Crippen molar-refractivity contribution in [3.8, 4) is 5.75 Å². The van der Waals surface area contributed by atoms with E-state index in [1.165, 1.54) is 0 Å². The summed E-state index contributed by atoms with van der Waals surface area (Å²) in [6.07, 6.45) is 2.08. The SMILES string of the molecule is CCCNCCCOc1ccc(C(=O)O)cc1. The van der Waals surface area contributed by atoms with Gasteiger partial charge in [0.15, 0.2) is 0 Å². The molecule has 94 valence electrons. The van der Waals surface area contributed by atoms with E-state index < -0.39 is 5.97 Å². The highest BCUT2D eigenvalue weighted by Gasteiger charge is 2.01. The highest BCUT2D eigenvalue weighted by Crippen LogP contribution is 2.12. The van der Waals surface area contributed by atoms with Crippen LogP contribution in [0.5, 0.6) is 5.75 Å². The third-order valence-electron chi connectivity index (χ3n) is 2.29. The molecule has 0 fully saturated rings. The van der Waals surface area contributed by atoms with Gasteiger partial charge in [0.05, 0.1) is 12.2 Å². The molecule has 0 saturated heterocycles. The van der Waals surface area contributed by atoms with Crippen LogP contribution in [0, 0.1) is 0 Å². The normalized spacial score (nSPS) is 10.2. The molecule has 4 heteroatoms. The van der Waals surface area contributed by atoms with E-state index in [4.69, 9.17) is 9.84 Å². The van der Waals surface area contributed by atoms with Crippen LogP contribution in [-0.2, 0) is 0 Å². The van der Waals surface area contributed by atoms with Gasteiger partial charge in [-0.15, -0.1) is 0 Å². The van der Waals surface area contributed by atoms with Gasteiger partial charge in [-0.05, 0) is 50.2 Å². The predicted molar refractivity (Wildman–Crippen MR) is 66.7 cm³/mol. The second kappa shape index (κ2) is 7.68. The van der Waals surface area contributed by atoms with Crippen molar-refractivity contribution < 1.29 is 14.6 Å². The lowest BCUT2D eigenvalue weighted by Gasteiger charge is -2.06. The first-order valence-corrected chi connectivity index (χ1v) is 5.91. The number of benzene rings is 1. The van der Waals surface area contributed by atoms with Gasteiger partial charge in [-0.25, -0.2) is 4.79 Å². The molecule has 17 heavy (non-hydrogen) atoms. The van der Waals surface area contributed by atoms with E-state index in [-0.39, 0.29) is 5.56 Å². The van der Waals surface area contributed by atoms with Crippen molar-refractivity contribution >= 4 is 5.97 Å². The van der Waals surface area contributed by atoms with Crippen LogP contribution >= 0.6 is 0 Å². The lowest BCUT2D eigenvalue weighted by Crippen LogP contribution is -2.18. The maximum absolute atomic E-state index is 10.6. The molecular weight excluding hydrogens is 218 g/mol. The Morgan fingerprint density at radius 2 is 2.00 bits per heavy atom. The summed E-state index contributed by atoms with van der Waals surface area (Å²) in [6, 6.07) is 6.46. The Hall–Kier alpha value is -1.55. The Morgan fingerprint density at radius 3 is 2.59 bits per heavy atom. The number of aromatic carboxylic acids is 1. The van der Waals surface area contributed by atoms with Crippen molar-refractivity contribution in [2.45, 2.75) is 19.8 Å². The molecule has 0 atom stereocenters. The molecule has 0 aliphatic heterocycles. The molecule has 4 nitrogen and oxygen atoms in total. The van der Waals surface area contributed by atoms with Crippen molar-refractivity contribution in [3.63, 3.8) is 0 Å². The van der Waals surface area contributed by atoms with Crippen LogP contribution in [0.4, 0.5) is 0 Å². The van der Waals surface area contributed by atoms with E-state index in [2.05, 4.69) is 12.2 Å². The second-order valence-corrected chi connectivity index (χ2v) is 3.78. The van der Waals surface area contributed by atoms with Gasteiger partial charge < -0.3 is 15.2 Å². The highest BCUT2D eigenvalue weighted by atomic mass is 16.5. The maximum Gasteiger partial charge on any atom is 0.335 e. The summed E-state index contributed by atoms with van der Waals surface area (Å²) in [6.45, 7) is 4.75. The molecular formula is C13H19NO3. The van der Waals surface area contributed by atoms with Crippen LogP contribution in [-0.4, -0.2) is 30.8 Å². The molecule has 0 heterocycles. The summed E-state index contributed by atoms with van der Waals surface area (Å²) in [5.41, 5.74) is 0.280. The average molecular weight is 237 g/mol. The molecule has 0 spiro atoms. The largest absolute Gasteiger partial charge is 0.494 e. The number of rotatable bonds is 8. The monoisotopic (exact) mass is 237 g/mol. The summed E-state index contributed by atoms with van der Waals surface area (Å²) in [5, 5.41) is 12.0. The first-order valence-electron chi connectivity index (χ1n) is 5.91. The van der Waals surface area contributed by atoms with Crippen molar-refractivity contribution in [1.82, 2.24) is 5.32 Å². The quantitative estimate of drug-likeness (QED) is 0.680. The number of ether oxygens (including phenoxy) is 1. The fourth-order valence-electron chi connectivity index (χ4n) is 1.38. The van der Waals surface area contributed by atoms with Gasteiger partial charge in [0.1, 0.15) is 5.75 Å². The lowest BCUT2D eigenvalue weighted by molar-refractivity contribution is 0.0697. The van der Waals surface area contributed by atoms with Crippen LogP contribution in [0.15, 0.2) is 24.3 Å². The fraction of sp³-hybridized carbons (Fsp3) is 0.462. The van der Waals surface area contributed by atoms with Gasteiger partial charge in [-0.1, -0.05) is 6.92 Å². The summed E-state index contributed by atoms with van der Waals surface area (Å²) in [5.74, 6) is -0.203. The van der Waals surface area contributed by atoms with Crippen LogP contribution in [0.25, 0.3) is 0 Å². The molecule has 0 unspecified atom stereocenters. The highest BCUT2D eigenvalue weighted by molar-refractivity contribution is 5.87. The summed E-state index contributed by atoms with van der Waals surface area (Å²) in [4.78, 5) is 10.6. The fourth-order valence-corrected chi connectivity index (χ4v) is 1.38. The molecule has 1 rings (SSSR count). The van der Waals surface area contributed by atoms with Gasteiger partial charge >= 0.3 is 5.97 Å². The Balaban J connectivity index is 2.21. The number of hydrogen-bond acceptors (Lipinski definition) is 3. The van der Waals surface area contributed by atoms with E-state index in [9.17, 15) is 4.79 Å². The van der Waals surface area contributed by atoms with Crippen LogP contribution < -0.4 is 10.1 Å². The van der Waals surface area contributed by atoms with Crippen molar-refractivity contribution in [3.05, 3.63) is 29.8 Å². The minimum absolute atomic E-state index is 0.280. The molecule has 0 aliphatic carbocycles. The van der Waals surface area contributed by atoms with Crippen LogP contribution in [0.3, 0.4) is 0 Å². The third-order valence-corrected chi connectivity index (χ3v) is 2.29. The van der Waals surface area contributed by atoms with Gasteiger partial charge in [0.2, 0.25) is 0 Å². The molecule has 0 amide bonds. The Bertz CT molecular complexity index is 335. The molecule has 1 aromatic carbocycles. The molecule has 1 aromatic rings. The summed E-state index contributed by atoms with van der Waals surface area (Å²) in [7, 11) is 0. The number of carbonyl (C=O) groups is 1. The Morgan fingerprint density at radius 1 is 1.29 bits per heavy atom. The van der Waals surface area contributed by atoms with E-state index in [1.54, 1.807) is 24.3 Å². The topological polar surface area (TPSA) is 58.6 Å². The number of hydrogen-bond donors (Lipinski definition) is 2. The zero-order valence-electron chi connectivity index (χ0n) is 10.1. The number of carboxylic acids is 1. The van der Waals surface area contributed by atoms with E-state index in [0.29, 0.717) is 12.4 Å². The van der Waals surface area contributed by atoms with Crippen LogP contribution in [0.2, 0.25) is 0 Å². The minimum Gasteiger partial charge on any atom is -0.494 e. The van der Waals surface area contributed by atoms with Crippen molar-refractivity contribution in [1.29, 1.82) is 0 Å². The second-order valence-electron chi connectivity index (χ2n) is 3.78. The van der Waals surface area contributed by atoms with Gasteiger partial charge in [-0.3, -0.25) is 0 Å². The minimum atomic E-state index is -0.916. The van der Waals surface area contributed by atoms with Gasteiger partial charge in [-0.2, -0.15) is 0 Å².